The van der Waals surface area contributed by atoms with E-state index in [1.54, 1.807) is 12.0 Å². The zero-order valence-electron chi connectivity index (χ0n) is 20.3. The Kier molecular flexibility index (Phi) is 8.00. The van der Waals surface area contributed by atoms with Crippen molar-refractivity contribution in [3.8, 4) is 18.1 Å². The number of rotatable bonds is 14. The molecule has 190 valence electrons. The van der Waals surface area contributed by atoms with Crippen LogP contribution in [-0.4, -0.2) is 52.7 Å². The number of benzene rings is 1. The van der Waals surface area contributed by atoms with Crippen LogP contribution in [0.4, 0.5) is 0 Å². The molecule has 36 heavy (non-hydrogen) atoms. The van der Waals surface area contributed by atoms with Crippen LogP contribution >= 0.6 is 0 Å². The summed E-state index contributed by atoms with van der Waals surface area (Å²) in [6.45, 7) is 0.663. The van der Waals surface area contributed by atoms with Crippen LogP contribution in [0.5, 0.6) is 5.75 Å². The molecule has 4 rings (SSSR count). The van der Waals surface area contributed by atoms with Gasteiger partial charge in [-0.25, -0.2) is 4.98 Å². The van der Waals surface area contributed by atoms with E-state index >= 15 is 0 Å². The number of carbonyl (C=O) groups excluding carboxylic acids is 2. The lowest BCUT2D eigenvalue weighted by Crippen LogP contribution is -2.45. The number of ether oxygens (including phenoxy) is 1. The first-order valence-corrected chi connectivity index (χ1v) is 12.0. The third-order valence-corrected chi connectivity index (χ3v) is 6.76. The number of nitrogens with zero attached hydrogens (tertiary/aromatic N) is 4. The highest BCUT2D eigenvalue weighted by molar-refractivity contribution is 5.88. The number of amides is 2. The van der Waals surface area contributed by atoms with Crippen LogP contribution in [0.3, 0.4) is 0 Å². The summed E-state index contributed by atoms with van der Waals surface area (Å²) in [6.07, 6.45) is 10.5. The van der Waals surface area contributed by atoms with Crippen LogP contribution in [0.15, 0.2) is 51.6 Å². The number of aliphatic hydroxyl groups is 1. The van der Waals surface area contributed by atoms with Crippen molar-refractivity contribution >= 4 is 11.8 Å². The molecule has 1 aliphatic heterocycles. The first-order chi connectivity index (χ1) is 17.5. The quantitative estimate of drug-likeness (QED) is 0.389. The molecule has 0 saturated heterocycles. The van der Waals surface area contributed by atoms with Crippen LogP contribution < -0.4 is 10.1 Å². The van der Waals surface area contributed by atoms with Crippen molar-refractivity contribution in [3.63, 3.8) is 0 Å². The zero-order chi connectivity index (χ0) is 25.5. The van der Waals surface area contributed by atoms with Crippen LogP contribution in [0.1, 0.15) is 49.4 Å². The fourth-order valence-electron chi connectivity index (χ4n) is 4.30. The molecule has 3 atom stereocenters. The van der Waals surface area contributed by atoms with Gasteiger partial charge in [0.05, 0.1) is 7.11 Å². The molecular formula is C26H31N5O5. The number of oxazole rings is 1. The normalized spacial score (nSPS) is 19.7. The molecule has 2 N–H and O–H groups in total. The number of methoxy groups -OCH3 is 1. The second-order valence-electron chi connectivity index (χ2n) is 9.25. The van der Waals surface area contributed by atoms with E-state index in [9.17, 15) is 14.7 Å². The summed E-state index contributed by atoms with van der Waals surface area (Å²) in [7, 11) is 1.59. The summed E-state index contributed by atoms with van der Waals surface area (Å²) in [4.78, 5) is 32.8. The van der Waals surface area contributed by atoms with Gasteiger partial charge in [-0.3, -0.25) is 9.59 Å². The van der Waals surface area contributed by atoms with Crippen molar-refractivity contribution in [1.82, 2.24) is 15.2 Å². The average molecular weight is 494 g/mol. The largest absolute Gasteiger partial charge is 0.497 e. The highest BCUT2D eigenvalue weighted by Gasteiger charge is 2.44. The number of hydrogen-bond donors (Lipinski definition) is 2. The predicted molar refractivity (Wildman–Crippen MR) is 129 cm³/mol. The molecule has 10 nitrogen and oxygen atoms in total. The molecule has 1 saturated carbocycles. The number of carbonyl (C=O) groups is 2. The van der Waals surface area contributed by atoms with E-state index in [1.165, 1.54) is 12.7 Å². The van der Waals surface area contributed by atoms with E-state index in [2.05, 4.69) is 26.4 Å². The van der Waals surface area contributed by atoms with Gasteiger partial charge in [0.15, 0.2) is 18.1 Å². The van der Waals surface area contributed by atoms with Gasteiger partial charge in [-0.2, -0.15) is 10.2 Å². The zero-order valence-corrected chi connectivity index (χ0v) is 20.3. The van der Waals surface area contributed by atoms with Gasteiger partial charge < -0.3 is 24.5 Å². The van der Waals surface area contributed by atoms with Gasteiger partial charge in [0.25, 0.3) is 0 Å². The van der Waals surface area contributed by atoms with Gasteiger partial charge in [0.1, 0.15) is 17.7 Å². The lowest BCUT2D eigenvalue weighted by Gasteiger charge is -2.30. The number of hydrogen-bond acceptors (Lipinski definition) is 8. The van der Waals surface area contributed by atoms with E-state index in [4.69, 9.17) is 15.6 Å². The van der Waals surface area contributed by atoms with Crippen LogP contribution in [0.2, 0.25) is 0 Å². The summed E-state index contributed by atoms with van der Waals surface area (Å²) in [5.74, 6) is 2.98. The Morgan fingerprint density at radius 2 is 2.08 bits per heavy atom. The van der Waals surface area contributed by atoms with Gasteiger partial charge in [-0.1, -0.05) is 12.1 Å². The van der Waals surface area contributed by atoms with Gasteiger partial charge in [-0.05, 0) is 36.0 Å². The second-order valence-corrected chi connectivity index (χ2v) is 9.25. The molecule has 0 radical (unpaired) electrons. The maximum Gasteiger partial charge on any atom is 0.249 e. The summed E-state index contributed by atoms with van der Waals surface area (Å²) in [5.41, 5.74) is 0.636. The van der Waals surface area contributed by atoms with Crippen LogP contribution in [0, 0.1) is 24.2 Å². The number of nitrogens with one attached hydrogen (secondary N) is 1. The van der Waals surface area contributed by atoms with E-state index in [1.807, 2.05) is 24.3 Å². The lowest BCUT2D eigenvalue weighted by atomic mass is 10.0. The maximum absolute atomic E-state index is 13.5. The highest BCUT2D eigenvalue weighted by atomic mass is 16.5. The number of aliphatic hydroxyl groups excluding tert-OH is 1. The molecular weight excluding hydrogens is 462 g/mol. The Hall–Kier alpha value is -3.71. The Balaban J connectivity index is 1.49. The Labute approximate surface area is 210 Å². The first kappa shape index (κ1) is 25.4. The van der Waals surface area contributed by atoms with Gasteiger partial charge in [0, 0.05) is 45.4 Å². The Morgan fingerprint density at radius 1 is 1.31 bits per heavy atom. The molecule has 2 amide bonds. The topological polar surface area (TPSA) is 130 Å². The third-order valence-electron chi connectivity index (χ3n) is 6.76. The summed E-state index contributed by atoms with van der Waals surface area (Å²) in [6, 6.07) is 6.39. The van der Waals surface area contributed by atoms with Crippen LogP contribution in [-0.2, 0) is 16.1 Å². The molecule has 2 aliphatic rings. The molecule has 1 fully saturated rings. The molecule has 2 heterocycles. The fourth-order valence-corrected chi connectivity index (χ4v) is 4.30. The summed E-state index contributed by atoms with van der Waals surface area (Å²) < 4.78 is 10.3. The number of aromatic nitrogens is 1. The molecule has 1 aromatic heterocycles. The molecule has 10 heteroatoms. The average Bonchev–Trinajstić information content (AvgIpc) is 3.80. The van der Waals surface area contributed by atoms with E-state index < -0.39 is 11.7 Å². The molecule has 0 bridgehead atoms. The second kappa shape index (κ2) is 11.4. The van der Waals surface area contributed by atoms with Crippen molar-refractivity contribution < 1.29 is 23.8 Å². The maximum atomic E-state index is 13.5. The summed E-state index contributed by atoms with van der Waals surface area (Å²) >= 11 is 0. The minimum absolute atomic E-state index is 0.0535. The molecule has 1 aromatic carbocycles. The molecule has 2 aromatic rings. The van der Waals surface area contributed by atoms with Crippen molar-refractivity contribution in [2.45, 2.75) is 50.4 Å². The predicted octanol–water partition coefficient (Wildman–Crippen LogP) is 2.85. The molecule has 0 spiro atoms. The van der Waals surface area contributed by atoms with Gasteiger partial charge in [0.2, 0.25) is 11.8 Å². The van der Waals surface area contributed by atoms with Crippen molar-refractivity contribution in [3.05, 3.63) is 48.2 Å². The first-order valence-electron chi connectivity index (χ1n) is 12.0. The molecule has 1 unspecified atom stereocenters. The minimum atomic E-state index is -0.968. The van der Waals surface area contributed by atoms with E-state index in [0.717, 1.165) is 17.7 Å². The van der Waals surface area contributed by atoms with Crippen molar-refractivity contribution in [2.24, 2.45) is 22.1 Å². The van der Waals surface area contributed by atoms with Crippen LogP contribution in [0.25, 0.3) is 0 Å². The Morgan fingerprint density at radius 3 is 2.67 bits per heavy atom. The highest BCUT2D eigenvalue weighted by Crippen LogP contribution is 2.41. The van der Waals surface area contributed by atoms with E-state index in [0.29, 0.717) is 31.5 Å². The SMILES string of the molecule is C#CCCC1(CCC(=O)N(C[C@@H]2C[C@@H]2CO)C(C(=O)NCc2ccc(OC)cc2)c2cocn2)N=N1. The van der Waals surface area contributed by atoms with Gasteiger partial charge in [-0.15, -0.1) is 12.3 Å². The van der Waals surface area contributed by atoms with Crippen molar-refractivity contribution in [1.29, 1.82) is 0 Å². The number of terminal acetylenes is 1. The monoisotopic (exact) mass is 493 g/mol. The fraction of sp³-hybridized carbons (Fsp3) is 0.500. The van der Waals surface area contributed by atoms with Crippen molar-refractivity contribution in [2.75, 3.05) is 20.3 Å². The third kappa shape index (κ3) is 6.29. The summed E-state index contributed by atoms with van der Waals surface area (Å²) in [5, 5.41) is 20.7. The van der Waals surface area contributed by atoms with Gasteiger partial charge >= 0.3 is 0 Å². The smallest absolute Gasteiger partial charge is 0.249 e. The minimum Gasteiger partial charge on any atom is -0.497 e. The molecule has 1 aliphatic carbocycles. The lowest BCUT2D eigenvalue weighted by molar-refractivity contribution is -0.141. The standard InChI is InChI=1S/C26H31N5O5/c1-3-4-10-26(29-30-26)11-9-23(33)31(14-19-12-20(19)15-32)24(22-16-36-17-28-22)25(34)27-13-18-5-7-21(35-2)8-6-18/h1,5-8,16-17,19-20,24,32H,4,9-15H2,2H3,(H,27,34)/t19-,20+,24?/m0/s1. The van der Waals surface area contributed by atoms with E-state index in [-0.39, 0.29) is 43.2 Å². The Bertz CT molecular complexity index is 1100.